The van der Waals surface area contributed by atoms with Crippen molar-refractivity contribution in [3.8, 4) is 0 Å². The normalized spacial score (nSPS) is 21.0. The molecule has 1 unspecified atom stereocenters. The zero-order valence-corrected chi connectivity index (χ0v) is 13.8. The van der Waals surface area contributed by atoms with Crippen LogP contribution in [0.3, 0.4) is 0 Å². The lowest BCUT2D eigenvalue weighted by molar-refractivity contribution is -0.00292. The summed E-state index contributed by atoms with van der Waals surface area (Å²) in [6.07, 6.45) is 0.565. The Labute approximate surface area is 128 Å². The van der Waals surface area contributed by atoms with Gasteiger partial charge in [-0.2, -0.15) is 12.7 Å². The molecule has 0 bridgehead atoms. The van der Waals surface area contributed by atoms with Gasteiger partial charge in [-0.3, -0.25) is 0 Å². The summed E-state index contributed by atoms with van der Waals surface area (Å²) in [6, 6.07) is 7.76. The molecule has 1 N–H and O–H groups in total. The lowest BCUT2D eigenvalue weighted by Gasteiger charge is -2.32. The van der Waals surface area contributed by atoms with Crippen molar-refractivity contribution >= 4 is 26.1 Å². The molecule has 0 aromatic heterocycles. The monoisotopic (exact) mass is 362 g/mol. The second-order valence-corrected chi connectivity index (χ2v) is 7.34. The largest absolute Gasteiger partial charge is 0.371 e. The third kappa shape index (κ3) is 4.02. The Morgan fingerprint density at radius 2 is 2.10 bits per heavy atom. The van der Waals surface area contributed by atoms with Crippen LogP contribution in [-0.2, 0) is 14.9 Å². The SMILES string of the molecule is CCCNS(=O)(=O)N1CCOC(c2ccc(Br)cc2)C1. The maximum absolute atomic E-state index is 12.1. The molecule has 1 aromatic rings. The van der Waals surface area contributed by atoms with E-state index in [0.717, 1.165) is 16.5 Å². The molecule has 0 radical (unpaired) electrons. The Balaban J connectivity index is 2.06. The van der Waals surface area contributed by atoms with Gasteiger partial charge < -0.3 is 4.74 Å². The predicted octanol–water partition coefficient (Wildman–Crippen LogP) is 2.07. The molecule has 7 heteroatoms. The molecule has 1 fully saturated rings. The fraction of sp³-hybridized carbons (Fsp3) is 0.538. The highest BCUT2D eigenvalue weighted by Crippen LogP contribution is 2.24. The molecule has 1 aliphatic heterocycles. The van der Waals surface area contributed by atoms with Gasteiger partial charge in [0.15, 0.2) is 0 Å². The third-order valence-electron chi connectivity index (χ3n) is 3.15. The van der Waals surface area contributed by atoms with Gasteiger partial charge >= 0.3 is 0 Å². The molecule has 0 aliphatic carbocycles. The van der Waals surface area contributed by atoms with Crippen LogP contribution in [0.4, 0.5) is 0 Å². The van der Waals surface area contributed by atoms with Crippen LogP contribution in [0, 0.1) is 0 Å². The van der Waals surface area contributed by atoms with Gasteiger partial charge in [-0.15, -0.1) is 0 Å². The summed E-state index contributed by atoms with van der Waals surface area (Å²) in [7, 11) is -3.40. The molecule has 112 valence electrons. The first-order valence-electron chi connectivity index (χ1n) is 6.64. The first-order valence-corrected chi connectivity index (χ1v) is 8.88. The summed E-state index contributed by atoms with van der Waals surface area (Å²) in [5.41, 5.74) is 0.989. The lowest BCUT2D eigenvalue weighted by atomic mass is 10.1. The molecule has 1 atom stereocenters. The van der Waals surface area contributed by atoms with E-state index < -0.39 is 10.2 Å². The second kappa shape index (κ2) is 7.00. The van der Waals surface area contributed by atoms with Gasteiger partial charge in [0.25, 0.3) is 10.2 Å². The van der Waals surface area contributed by atoms with E-state index in [1.807, 2.05) is 31.2 Å². The van der Waals surface area contributed by atoms with Crippen molar-refractivity contribution in [1.82, 2.24) is 9.03 Å². The van der Waals surface area contributed by atoms with E-state index in [4.69, 9.17) is 4.74 Å². The Hall–Kier alpha value is -0.470. The molecule has 1 saturated heterocycles. The number of hydrogen-bond acceptors (Lipinski definition) is 3. The highest BCUT2D eigenvalue weighted by Gasteiger charge is 2.29. The van der Waals surface area contributed by atoms with Crippen LogP contribution in [0.15, 0.2) is 28.7 Å². The quantitative estimate of drug-likeness (QED) is 0.871. The van der Waals surface area contributed by atoms with Crippen molar-refractivity contribution in [2.75, 3.05) is 26.2 Å². The molecule has 0 spiro atoms. The van der Waals surface area contributed by atoms with E-state index >= 15 is 0 Å². The summed E-state index contributed by atoms with van der Waals surface area (Å²) >= 11 is 3.38. The van der Waals surface area contributed by atoms with E-state index in [9.17, 15) is 8.42 Å². The van der Waals surface area contributed by atoms with E-state index in [0.29, 0.717) is 26.2 Å². The van der Waals surface area contributed by atoms with Crippen molar-refractivity contribution in [1.29, 1.82) is 0 Å². The highest BCUT2D eigenvalue weighted by molar-refractivity contribution is 9.10. The summed E-state index contributed by atoms with van der Waals surface area (Å²) in [4.78, 5) is 0. The molecule has 1 aliphatic rings. The van der Waals surface area contributed by atoms with Crippen molar-refractivity contribution in [2.45, 2.75) is 19.4 Å². The minimum Gasteiger partial charge on any atom is -0.371 e. The molecule has 20 heavy (non-hydrogen) atoms. The van der Waals surface area contributed by atoms with E-state index in [2.05, 4.69) is 20.7 Å². The van der Waals surface area contributed by atoms with Gasteiger partial charge in [0.2, 0.25) is 0 Å². The van der Waals surface area contributed by atoms with Gasteiger partial charge in [0, 0.05) is 24.1 Å². The minimum atomic E-state index is -3.40. The van der Waals surface area contributed by atoms with Crippen molar-refractivity contribution < 1.29 is 13.2 Å². The summed E-state index contributed by atoms with van der Waals surface area (Å²) in [5.74, 6) is 0. The van der Waals surface area contributed by atoms with Crippen LogP contribution in [0.5, 0.6) is 0 Å². The van der Waals surface area contributed by atoms with E-state index in [1.54, 1.807) is 0 Å². The average Bonchev–Trinajstić information content (AvgIpc) is 2.46. The zero-order valence-electron chi connectivity index (χ0n) is 11.4. The smallest absolute Gasteiger partial charge is 0.279 e. The first kappa shape index (κ1) is 15.9. The fourth-order valence-electron chi connectivity index (χ4n) is 2.05. The van der Waals surface area contributed by atoms with Crippen LogP contribution in [0.25, 0.3) is 0 Å². The Morgan fingerprint density at radius 1 is 1.40 bits per heavy atom. The number of nitrogens with zero attached hydrogens (tertiary/aromatic N) is 1. The topological polar surface area (TPSA) is 58.6 Å². The number of halogens is 1. The maximum atomic E-state index is 12.1. The third-order valence-corrected chi connectivity index (χ3v) is 5.25. The van der Waals surface area contributed by atoms with E-state index in [-0.39, 0.29) is 6.10 Å². The number of morpholine rings is 1. The summed E-state index contributed by atoms with van der Waals surface area (Å²) in [5, 5.41) is 0. The van der Waals surface area contributed by atoms with Crippen molar-refractivity contribution in [2.24, 2.45) is 0 Å². The van der Waals surface area contributed by atoms with Gasteiger partial charge in [0.05, 0.1) is 12.7 Å². The van der Waals surface area contributed by atoms with Gasteiger partial charge in [0.1, 0.15) is 0 Å². The number of benzene rings is 1. The molecule has 2 rings (SSSR count). The van der Waals surface area contributed by atoms with Gasteiger partial charge in [-0.25, -0.2) is 4.72 Å². The number of ether oxygens (including phenoxy) is 1. The summed E-state index contributed by atoms with van der Waals surface area (Å²) in [6.45, 7) is 3.55. The second-order valence-electron chi connectivity index (χ2n) is 4.67. The maximum Gasteiger partial charge on any atom is 0.279 e. The standard InChI is InChI=1S/C13H19BrN2O3S/c1-2-7-15-20(17,18)16-8-9-19-13(10-16)11-3-5-12(14)6-4-11/h3-6,13,15H,2,7-10H2,1H3. The van der Waals surface area contributed by atoms with Gasteiger partial charge in [-0.05, 0) is 24.1 Å². The van der Waals surface area contributed by atoms with E-state index in [1.165, 1.54) is 4.31 Å². The Morgan fingerprint density at radius 3 is 2.75 bits per heavy atom. The molecular formula is C13H19BrN2O3S. The van der Waals surface area contributed by atoms with Crippen molar-refractivity contribution in [3.63, 3.8) is 0 Å². The summed E-state index contributed by atoms with van der Waals surface area (Å²) < 4.78 is 35.0. The molecule has 1 aromatic carbocycles. The Kier molecular flexibility index (Phi) is 5.57. The fourth-order valence-corrected chi connectivity index (χ4v) is 3.60. The molecule has 1 heterocycles. The van der Waals surface area contributed by atoms with Crippen LogP contribution in [0.2, 0.25) is 0 Å². The molecular weight excluding hydrogens is 344 g/mol. The lowest BCUT2D eigenvalue weighted by Crippen LogP contribution is -2.47. The predicted molar refractivity (Wildman–Crippen MR) is 81.6 cm³/mol. The van der Waals surface area contributed by atoms with Crippen molar-refractivity contribution in [3.05, 3.63) is 34.3 Å². The first-order chi connectivity index (χ1) is 9.53. The van der Waals surface area contributed by atoms with Gasteiger partial charge in [-0.1, -0.05) is 35.0 Å². The van der Waals surface area contributed by atoms with Crippen LogP contribution in [0.1, 0.15) is 25.0 Å². The van der Waals surface area contributed by atoms with Crippen LogP contribution >= 0.6 is 15.9 Å². The average molecular weight is 363 g/mol. The Bertz CT molecular complexity index is 533. The molecule has 0 saturated carbocycles. The molecule has 0 amide bonds. The number of rotatable bonds is 5. The highest BCUT2D eigenvalue weighted by atomic mass is 79.9. The van der Waals surface area contributed by atoms with Crippen LogP contribution in [-0.4, -0.2) is 39.0 Å². The number of hydrogen-bond donors (Lipinski definition) is 1. The molecule has 5 nitrogen and oxygen atoms in total. The number of nitrogens with one attached hydrogen (secondary N) is 1. The van der Waals surface area contributed by atoms with Crippen LogP contribution < -0.4 is 4.72 Å². The minimum absolute atomic E-state index is 0.213. The zero-order chi connectivity index (χ0) is 14.6.